The van der Waals surface area contributed by atoms with Crippen LogP contribution in [0.2, 0.25) is 0 Å². The van der Waals surface area contributed by atoms with Gasteiger partial charge in [0.05, 0.1) is 13.2 Å². The quantitative estimate of drug-likeness (QED) is 0.492. The molecule has 0 radical (unpaired) electrons. The molecule has 0 aromatic heterocycles. The first-order valence-corrected chi connectivity index (χ1v) is 12.9. The molecule has 8 heteroatoms. The highest BCUT2D eigenvalue weighted by Gasteiger charge is 2.33. The molecule has 3 aliphatic heterocycles. The Morgan fingerprint density at radius 1 is 1.17 bits per heavy atom. The van der Waals surface area contributed by atoms with Crippen LogP contribution in [0.3, 0.4) is 0 Å². The molecule has 0 spiro atoms. The van der Waals surface area contributed by atoms with Crippen LogP contribution in [0.5, 0.6) is 5.75 Å². The van der Waals surface area contributed by atoms with Crippen molar-refractivity contribution in [3.63, 3.8) is 0 Å². The normalized spacial score (nSPS) is 25.4. The molecule has 2 fully saturated rings. The van der Waals surface area contributed by atoms with Crippen LogP contribution < -0.4 is 10.1 Å². The molecular formula is C27H39N3O5. The summed E-state index contributed by atoms with van der Waals surface area (Å²) in [6.07, 6.45) is 7.32. The fraction of sp³-hybridized carbons (Fsp3) is 0.630. The number of methoxy groups -OCH3 is 1. The minimum atomic E-state index is 0.0408. The lowest BCUT2D eigenvalue weighted by atomic mass is 9.82. The maximum absolute atomic E-state index is 13.5. The number of hydrogen-bond donors (Lipinski definition) is 1. The Morgan fingerprint density at radius 2 is 2.00 bits per heavy atom. The average molecular weight is 486 g/mol. The van der Waals surface area contributed by atoms with E-state index in [0.717, 1.165) is 43.8 Å². The first-order valence-electron chi connectivity index (χ1n) is 12.9. The Morgan fingerprint density at radius 3 is 2.83 bits per heavy atom. The molecule has 35 heavy (non-hydrogen) atoms. The van der Waals surface area contributed by atoms with Crippen molar-refractivity contribution in [3.05, 3.63) is 42.0 Å². The second-order valence-corrected chi connectivity index (χ2v) is 9.69. The van der Waals surface area contributed by atoms with E-state index in [4.69, 9.17) is 14.2 Å². The molecule has 1 aromatic rings. The zero-order chi connectivity index (χ0) is 24.5. The van der Waals surface area contributed by atoms with Crippen LogP contribution >= 0.6 is 0 Å². The van der Waals surface area contributed by atoms with Gasteiger partial charge in [-0.15, -0.1) is 0 Å². The summed E-state index contributed by atoms with van der Waals surface area (Å²) in [6, 6.07) is 8.42. The predicted molar refractivity (Wildman–Crippen MR) is 133 cm³/mol. The molecule has 1 aromatic carbocycles. The van der Waals surface area contributed by atoms with Crippen LogP contribution in [-0.2, 0) is 25.6 Å². The number of carbonyl (C=O) groups excluding carboxylic acids is 2. The molecule has 0 unspecified atom stereocenters. The summed E-state index contributed by atoms with van der Waals surface area (Å²) in [6.45, 7) is 5.34. The largest absolute Gasteiger partial charge is 0.489 e. The Bertz CT molecular complexity index is 870. The van der Waals surface area contributed by atoms with Crippen molar-refractivity contribution in [3.8, 4) is 5.75 Å². The molecule has 4 rings (SSSR count). The SMILES string of the molecule is COCCNC(=O)C[C@@H]1CCN2C[C@@H]1/C=C\COc1ccccc1CN(C1CCOCC1)CC2=O. The zero-order valence-electron chi connectivity index (χ0n) is 20.8. The molecule has 2 saturated heterocycles. The lowest BCUT2D eigenvalue weighted by Crippen LogP contribution is -2.50. The standard InChI is InChI=1S/C27H39N3O5/c1-33-16-11-28-26(31)17-21-8-12-29-18-22(21)6-4-13-35-25-7-3-2-5-23(25)19-30(20-27(29)32)24-9-14-34-15-10-24/h2-7,21-22,24H,8-20H2,1H3,(H,28,31)/b6-4-/t21-,22-/m0/s1. The number of benzene rings is 1. The molecular weight excluding hydrogens is 446 g/mol. The van der Waals surface area contributed by atoms with Crippen LogP contribution in [0.15, 0.2) is 36.4 Å². The number of carbonyl (C=O) groups is 2. The summed E-state index contributed by atoms with van der Waals surface area (Å²) < 4.78 is 16.8. The van der Waals surface area contributed by atoms with Crippen molar-refractivity contribution >= 4 is 11.8 Å². The summed E-state index contributed by atoms with van der Waals surface area (Å²) in [5, 5.41) is 2.93. The van der Waals surface area contributed by atoms with E-state index in [0.29, 0.717) is 58.4 Å². The number of amides is 2. The highest BCUT2D eigenvalue weighted by molar-refractivity contribution is 5.79. The van der Waals surface area contributed by atoms with Crippen LogP contribution in [-0.4, -0.2) is 87.4 Å². The van der Waals surface area contributed by atoms with Gasteiger partial charge in [-0.05, 0) is 37.2 Å². The van der Waals surface area contributed by atoms with E-state index in [1.807, 2.05) is 29.2 Å². The third kappa shape index (κ3) is 7.29. The highest BCUT2D eigenvalue weighted by atomic mass is 16.5. The minimum absolute atomic E-state index is 0.0408. The maximum atomic E-state index is 13.5. The van der Waals surface area contributed by atoms with E-state index in [1.54, 1.807) is 7.11 Å². The predicted octanol–water partition coefficient (Wildman–Crippen LogP) is 2.23. The van der Waals surface area contributed by atoms with Crippen molar-refractivity contribution in [2.24, 2.45) is 11.8 Å². The first kappa shape index (κ1) is 25.7. The molecule has 192 valence electrons. The Balaban J connectivity index is 1.51. The molecule has 0 aliphatic carbocycles. The monoisotopic (exact) mass is 485 g/mol. The Hall–Kier alpha value is -2.42. The van der Waals surface area contributed by atoms with Gasteiger partial charge in [-0.25, -0.2) is 0 Å². The second-order valence-electron chi connectivity index (χ2n) is 9.69. The Labute approximate surface area is 208 Å². The molecule has 3 heterocycles. The summed E-state index contributed by atoms with van der Waals surface area (Å²) in [5.74, 6) is 1.38. The first-order chi connectivity index (χ1) is 17.1. The van der Waals surface area contributed by atoms with E-state index in [-0.39, 0.29) is 23.7 Å². The van der Waals surface area contributed by atoms with Crippen LogP contribution in [0.1, 0.15) is 31.2 Å². The van der Waals surface area contributed by atoms with Gasteiger partial charge < -0.3 is 24.4 Å². The van der Waals surface area contributed by atoms with Gasteiger partial charge in [0.1, 0.15) is 12.4 Å². The fourth-order valence-corrected chi connectivity index (χ4v) is 5.33. The fourth-order valence-electron chi connectivity index (χ4n) is 5.33. The number of piperidine rings is 1. The molecule has 8 nitrogen and oxygen atoms in total. The van der Waals surface area contributed by atoms with Crippen molar-refractivity contribution in [2.45, 2.75) is 38.3 Å². The molecule has 0 saturated carbocycles. The van der Waals surface area contributed by atoms with E-state index in [1.165, 1.54) is 0 Å². The average Bonchev–Trinajstić information content (AvgIpc) is 2.88. The number of ether oxygens (including phenoxy) is 3. The van der Waals surface area contributed by atoms with Gasteiger partial charge in [-0.1, -0.05) is 30.4 Å². The van der Waals surface area contributed by atoms with Crippen LogP contribution in [0.25, 0.3) is 0 Å². The van der Waals surface area contributed by atoms with Gasteiger partial charge in [0.2, 0.25) is 11.8 Å². The van der Waals surface area contributed by atoms with E-state index in [2.05, 4.69) is 22.4 Å². The van der Waals surface area contributed by atoms with Crippen LogP contribution in [0.4, 0.5) is 0 Å². The smallest absolute Gasteiger partial charge is 0.236 e. The molecule has 3 aliphatic rings. The maximum Gasteiger partial charge on any atom is 0.236 e. The molecule has 2 atom stereocenters. The van der Waals surface area contributed by atoms with E-state index < -0.39 is 0 Å². The number of nitrogens with one attached hydrogen (secondary N) is 1. The van der Waals surface area contributed by atoms with E-state index >= 15 is 0 Å². The molecule has 1 N–H and O–H groups in total. The van der Waals surface area contributed by atoms with Crippen molar-refractivity contribution in [1.29, 1.82) is 0 Å². The molecule has 2 bridgehead atoms. The van der Waals surface area contributed by atoms with Gasteiger partial charge in [-0.3, -0.25) is 14.5 Å². The van der Waals surface area contributed by atoms with Gasteiger partial charge in [0, 0.05) is 64.5 Å². The van der Waals surface area contributed by atoms with Gasteiger partial charge in [-0.2, -0.15) is 0 Å². The van der Waals surface area contributed by atoms with E-state index in [9.17, 15) is 9.59 Å². The lowest BCUT2D eigenvalue weighted by molar-refractivity contribution is -0.136. The summed E-state index contributed by atoms with van der Waals surface area (Å²) in [4.78, 5) is 30.3. The third-order valence-electron chi connectivity index (χ3n) is 7.35. The van der Waals surface area contributed by atoms with Crippen molar-refractivity contribution in [2.75, 3.05) is 59.7 Å². The van der Waals surface area contributed by atoms with Gasteiger partial charge in [0.25, 0.3) is 0 Å². The Kier molecular flexibility index (Phi) is 9.57. The summed E-state index contributed by atoms with van der Waals surface area (Å²) in [7, 11) is 1.63. The third-order valence-corrected chi connectivity index (χ3v) is 7.35. The second kappa shape index (κ2) is 13.0. The lowest BCUT2D eigenvalue weighted by Gasteiger charge is -2.39. The summed E-state index contributed by atoms with van der Waals surface area (Å²) in [5.41, 5.74) is 1.10. The highest BCUT2D eigenvalue weighted by Crippen LogP contribution is 2.29. The van der Waals surface area contributed by atoms with Gasteiger partial charge in [0.15, 0.2) is 0 Å². The zero-order valence-corrected chi connectivity index (χ0v) is 20.8. The van der Waals surface area contributed by atoms with Crippen molar-refractivity contribution < 1.29 is 23.8 Å². The number of nitrogens with zero attached hydrogens (tertiary/aromatic N) is 2. The number of hydrogen-bond acceptors (Lipinski definition) is 6. The number of para-hydroxylation sites is 1. The van der Waals surface area contributed by atoms with Gasteiger partial charge >= 0.3 is 0 Å². The number of fused-ring (bicyclic) bond motifs is 3. The van der Waals surface area contributed by atoms with Crippen molar-refractivity contribution in [1.82, 2.24) is 15.1 Å². The van der Waals surface area contributed by atoms with Crippen LogP contribution in [0, 0.1) is 11.8 Å². The topological polar surface area (TPSA) is 80.3 Å². The number of rotatable bonds is 6. The minimum Gasteiger partial charge on any atom is -0.489 e. The summed E-state index contributed by atoms with van der Waals surface area (Å²) >= 11 is 0. The molecule has 2 amide bonds.